The third-order valence-electron chi connectivity index (χ3n) is 5.06. The smallest absolute Gasteiger partial charge is 0.368 e. The van der Waals surface area contributed by atoms with Crippen molar-refractivity contribution in [2.45, 2.75) is 16.1 Å². The zero-order valence-electron chi connectivity index (χ0n) is 16.5. The van der Waals surface area contributed by atoms with E-state index in [9.17, 15) is 18.0 Å². The highest BCUT2D eigenvalue weighted by Gasteiger charge is 2.31. The third-order valence-corrected chi connectivity index (χ3v) is 6.09. The highest BCUT2D eigenvalue weighted by molar-refractivity contribution is 7.99. The van der Waals surface area contributed by atoms with Crippen LogP contribution in [0.1, 0.15) is 15.9 Å². The molecule has 1 saturated heterocycles. The van der Waals surface area contributed by atoms with Crippen LogP contribution in [0.3, 0.4) is 0 Å². The van der Waals surface area contributed by atoms with E-state index >= 15 is 0 Å². The first-order valence-corrected chi connectivity index (χ1v) is 10.6. The number of amides is 1. The van der Waals surface area contributed by atoms with Gasteiger partial charge in [0.05, 0.1) is 11.1 Å². The molecular formula is C23H20F3N3OS. The molecule has 1 amide bonds. The van der Waals surface area contributed by atoms with Crippen molar-refractivity contribution in [3.63, 3.8) is 0 Å². The molecule has 1 aliphatic heterocycles. The SMILES string of the molecule is O=C(c1cccnc1Sc1ccccc1)N1CCN(c2cccc(C(F)(F)F)c2)CC1. The van der Waals surface area contributed by atoms with Gasteiger partial charge in [0.15, 0.2) is 0 Å². The van der Waals surface area contributed by atoms with Gasteiger partial charge in [-0.1, -0.05) is 36.0 Å². The predicted molar refractivity (Wildman–Crippen MR) is 114 cm³/mol. The van der Waals surface area contributed by atoms with Gasteiger partial charge in [0.2, 0.25) is 0 Å². The number of piperazine rings is 1. The molecule has 0 bridgehead atoms. The molecule has 1 aliphatic rings. The van der Waals surface area contributed by atoms with Crippen LogP contribution in [0.5, 0.6) is 0 Å². The molecule has 160 valence electrons. The molecule has 0 atom stereocenters. The van der Waals surface area contributed by atoms with Gasteiger partial charge in [-0.05, 0) is 42.5 Å². The summed E-state index contributed by atoms with van der Waals surface area (Å²) < 4.78 is 39.0. The molecule has 3 aromatic rings. The Balaban J connectivity index is 1.45. The number of rotatable bonds is 4. The standard InChI is InChI=1S/C23H20F3N3OS/c24-23(25,26)17-6-4-7-18(16-17)28-12-14-29(15-13-28)22(30)20-10-5-11-27-21(20)31-19-8-2-1-3-9-19/h1-11,16H,12-15H2. The van der Waals surface area contributed by atoms with Gasteiger partial charge in [-0.2, -0.15) is 13.2 Å². The monoisotopic (exact) mass is 443 g/mol. The molecule has 0 N–H and O–H groups in total. The van der Waals surface area contributed by atoms with E-state index in [1.807, 2.05) is 35.2 Å². The minimum Gasteiger partial charge on any atom is -0.368 e. The van der Waals surface area contributed by atoms with E-state index in [-0.39, 0.29) is 5.91 Å². The molecule has 0 unspecified atom stereocenters. The van der Waals surface area contributed by atoms with Gasteiger partial charge in [-0.3, -0.25) is 4.79 Å². The number of carbonyl (C=O) groups is 1. The van der Waals surface area contributed by atoms with Crippen LogP contribution in [0, 0.1) is 0 Å². The fraction of sp³-hybridized carbons (Fsp3) is 0.217. The third kappa shape index (κ3) is 5.02. The number of hydrogen-bond acceptors (Lipinski definition) is 4. The first-order chi connectivity index (χ1) is 14.9. The van der Waals surface area contributed by atoms with Crippen molar-refractivity contribution < 1.29 is 18.0 Å². The number of alkyl halides is 3. The number of anilines is 1. The number of pyridine rings is 1. The van der Waals surface area contributed by atoms with Crippen molar-refractivity contribution in [3.05, 3.63) is 84.1 Å². The summed E-state index contributed by atoms with van der Waals surface area (Å²) in [5.74, 6) is -0.116. The molecule has 2 heterocycles. The minimum absolute atomic E-state index is 0.116. The van der Waals surface area contributed by atoms with Gasteiger partial charge >= 0.3 is 6.18 Å². The molecule has 0 radical (unpaired) electrons. The summed E-state index contributed by atoms with van der Waals surface area (Å²) in [6.07, 6.45) is -2.71. The molecule has 0 saturated carbocycles. The van der Waals surface area contributed by atoms with Crippen molar-refractivity contribution >= 4 is 23.4 Å². The summed E-state index contributed by atoms with van der Waals surface area (Å²) in [5.41, 5.74) is 0.383. The van der Waals surface area contributed by atoms with Gasteiger partial charge in [0.25, 0.3) is 5.91 Å². The summed E-state index contributed by atoms with van der Waals surface area (Å²) in [5, 5.41) is 0.638. The molecule has 0 spiro atoms. The number of aromatic nitrogens is 1. The first kappa shape index (κ1) is 21.2. The molecule has 1 fully saturated rings. The summed E-state index contributed by atoms with van der Waals surface area (Å²) in [4.78, 5) is 22.1. The van der Waals surface area contributed by atoms with E-state index < -0.39 is 11.7 Å². The van der Waals surface area contributed by atoms with Gasteiger partial charge in [-0.15, -0.1) is 0 Å². The maximum Gasteiger partial charge on any atom is 0.416 e. The van der Waals surface area contributed by atoms with E-state index in [1.165, 1.54) is 17.8 Å². The number of nitrogens with zero attached hydrogens (tertiary/aromatic N) is 3. The average molecular weight is 443 g/mol. The lowest BCUT2D eigenvalue weighted by Crippen LogP contribution is -2.49. The lowest BCUT2D eigenvalue weighted by molar-refractivity contribution is -0.137. The Morgan fingerprint density at radius 2 is 1.65 bits per heavy atom. The van der Waals surface area contributed by atoms with Crippen molar-refractivity contribution in [3.8, 4) is 0 Å². The first-order valence-electron chi connectivity index (χ1n) is 9.81. The van der Waals surface area contributed by atoms with E-state index in [2.05, 4.69) is 4.98 Å². The largest absolute Gasteiger partial charge is 0.416 e. The Hall–Kier alpha value is -3.00. The lowest BCUT2D eigenvalue weighted by Gasteiger charge is -2.36. The van der Waals surface area contributed by atoms with Crippen LogP contribution in [0.2, 0.25) is 0 Å². The highest BCUT2D eigenvalue weighted by atomic mass is 32.2. The van der Waals surface area contributed by atoms with E-state index in [0.29, 0.717) is 42.5 Å². The Labute approximate surface area is 182 Å². The number of halogens is 3. The van der Waals surface area contributed by atoms with Crippen LogP contribution < -0.4 is 4.90 Å². The molecule has 4 nitrogen and oxygen atoms in total. The van der Waals surface area contributed by atoms with Gasteiger partial charge < -0.3 is 9.80 Å². The van der Waals surface area contributed by atoms with Crippen LogP contribution in [0.4, 0.5) is 18.9 Å². The Morgan fingerprint density at radius 1 is 0.903 bits per heavy atom. The highest BCUT2D eigenvalue weighted by Crippen LogP contribution is 2.32. The molecule has 1 aromatic heterocycles. The van der Waals surface area contributed by atoms with Crippen LogP contribution in [-0.4, -0.2) is 42.0 Å². The molecule has 4 rings (SSSR count). The maximum absolute atomic E-state index is 13.1. The molecule has 8 heteroatoms. The second-order valence-corrected chi connectivity index (χ2v) is 8.16. The summed E-state index contributed by atoms with van der Waals surface area (Å²) in [7, 11) is 0. The normalized spacial score (nSPS) is 14.5. The van der Waals surface area contributed by atoms with E-state index in [4.69, 9.17) is 0 Å². The lowest BCUT2D eigenvalue weighted by atomic mass is 10.1. The second-order valence-electron chi connectivity index (χ2n) is 7.10. The summed E-state index contributed by atoms with van der Waals surface area (Å²) in [6, 6.07) is 18.5. The van der Waals surface area contributed by atoms with Crippen molar-refractivity contribution in [1.82, 2.24) is 9.88 Å². The molecule has 31 heavy (non-hydrogen) atoms. The van der Waals surface area contributed by atoms with Crippen LogP contribution in [0.25, 0.3) is 0 Å². The molecular weight excluding hydrogens is 423 g/mol. The van der Waals surface area contributed by atoms with Crippen molar-refractivity contribution in [1.29, 1.82) is 0 Å². The van der Waals surface area contributed by atoms with Gasteiger partial charge in [-0.25, -0.2) is 4.98 Å². The van der Waals surface area contributed by atoms with Crippen LogP contribution >= 0.6 is 11.8 Å². The molecule has 0 aliphatic carbocycles. The van der Waals surface area contributed by atoms with Crippen LogP contribution in [0.15, 0.2) is 82.8 Å². The van der Waals surface area contributed by atoms with E-state index in [1.54, 1.807) is 29.3 Å². The van der Waals surface area contributed by atoms with Crippen LogP contribution in [-0.2, 0) is 6.18 Å². The predicted octanol–water partition coefficient (Wildman–Crippen LogP) is 5.21. The van der Waals surface area contributed by atoms with Crippen molar-refractivity contribution in [2.75, 3.05) is 31.1 Å². The fourth-order valence-electron chi connectivity index (χ4n) is 3.45. The fourth-order valence-corrected chi connectivity index (χ4v) is 4.35. The van der Waals surface area contributed by atoms with Crippen molar-refractivity contribution in [2.24, 2.45) is 0 Å². The Bertz CT molecular complexity index is 1050. The van der Waals surface area contributed by atoms with Gasteiger partial charge in [0.1, 0.15) is 5.03 Å². The minimum atomic E-state index is -4.37. The topological polar surface area (TPSA) is 36.4 Å². The quantitative estimate of drug-likeness (QED) is 0.554. The number of carbonyl (C=O) groups excluding carboxylic acids is 1. The second kappa shape index (κ2) is 9.01. The zero-order valence-corrected chi connectivity index (χ0v) is 17.4. The summed E-state index contributed by atoms with van der Waals surface area (Å²) >= 11 is 1.43. The van der Waals surface area contributed by atoms with E-state index in [0.717, 1.165) is 17.0 Å². The van der Waals surface area contributed by atoms with Gasteiger partial charge in [0, 0.05) is 43.0 Å². The summed E-state index contributed by atoms with van der Waals surface area (Å²) in [6.45, 7) is 1.79. The number of benzene rings is 2. The molecule has 2 aromatic carbocycles. The Kier molecular flexibility index (Phi) is 6.18. The average Bonchev–Trinajstić information content (AvgIpc) is 2.79. The maximum atomic E-state index is 13.1. The zero-order chi connectivity index (χ0) is 21.8. The number of hydrogen-bond donors (Lipinski definition) is 0. The Morgan fingerprint density at radius 3 is 2.35 bits per heavy atom.